The van der Waals surface area contributed by atoms with Crippen LogP contribution in [0.4, 0.5) is 0 Å². The van der Waals surface area contributed by atoms with Gasteiger partial charge < -0.3 is 15.9 Å². The summed E-state index contributed by atoms with van der Waals surface area (Å²) in [4.78, 5) is 0. The van der Waals surface area contributed by atoms with Gasteiger partial charge in [-0.25, -0.2) is 0 Å². The van der Waals surface area contributed by atoms with E-state index in [1.807, 2.05) is 6.92 Å². The lowest BCUT2D eigenvalue weighted by atomic mass is 10.0. The minimum Gasteiger partial charge on any atom is -0.508 e. The van der Waals surface area contributed by atoms with Gasteiger partial charge in [0.25, 0.3) is 0 Å². The average Bonchev–Trinajstić information content (AvgIpc) is 2.04. The van der Waals surface area contributed by atoms with Crippen molar-refractivity contribution >= 4 is 0 Å². The molecule has 0 saturated carbocycles. The molecule has 0 heterocycles. The van der Waals surface area contributed by atoms with Gasteiger partial charge in [0.05, 0.1) is 0 Å². The molecule has 2 atom stereocenters. The first-order chi connectivity index (χ1) is 5.61. The molecule has 0 saturated heterocycles. The van der Waals surface area contributed by atoms with Crippen molar-refractivity contribution in [3.05, 3.63) is 29.8 Å². The molecule has 1 rings (SSSR count). The zero-order valence-corrected chi connectivity index (χ0v) is 7.07. The molecule has 5 N–H and O–H groups in total. The maximum atomic E-state index is 9.54. The normalized spacial score (nSPS) is 15.6. The number of aliphatic hydroxyl groups excluding tert-OH is 1. The summed E-state index contributed by atoms with van der Waals surface area (Å²) in [6.45, 7) is 1.84. The van der Waals surface area contributed by atoms with Crippen LogP contribution in [0.3, 0.4) is 0 Å². The van der Waals surface area contributed by atoms with E-state index in [1.165, 1.54) is 0 Å². The van der Waals surface area contributed by atoms with Crippen LogP contribution in [0.15, 0.2) is 24.3 Å². The Balaban J connectivity index is 2.82. The highest BCUT2D eigenvalue weighted by Crippen LogP contribution is 2.17. The number of rotatable bonds is 2. The van der Waals surface area contributed by atoms with Gasteiger partial charge in [-0.1, -0.05) is 12.1 Å². The lowest BCUT2D eigenvalue weighted by molar-refractivity contribution is -0.433. The van der Waals surface area contributed by atoms with Crippen molar-refractivity contribution in [1.82, 2.24) is 0 Å². The fraction of sp³-hybridized carbons (Fsp3) is 0.333. The summed E-state index contributed by atoms with van der Waals surface area (Å²) in [6.07, 6.45) is -0.550. The smallest absolute Gasteiger partial charge is 0.130 e. The van der Waals surface area contributed by atoms with Gasteiger partial charge in [0.15, 0.2) is 0 Å². The summed E-state index contributed by atoms with van der Waals surface area (Å²) >= 11 is 0. The number of hydrogen-bond acceptors (Lipinski definition) is 2. The van der Waals surface area contributed by atoms with Gasteiger partial charge in [-0.3, -0.25) is 0 Å². The van der Waals surface area contributed by atoms with Crippen LogP contribution < -0.4 is 5.73 Å². The van der Waals surface area contributed by atoms with E-state index < -0.39 is 6.10 Å². The topological polar surface area (TPSA) is 68.1 Å². The fourth-order valence-corrected chi connectivity index (χ4v) is 1.00. The molecule has 0 aliphatic carbocycles. The SMILES string of the molecule is C[C@H]([NH3+])[C@H](O)c1ccc(O)cc1. The van der Waals surface area contributed by atoms with Crippen LogP contribution in [0.5, 0.6) is 5.75 Å². The second-order valence-electron chi connectivity index (χ2n) is 3.01. The molecule has 0 spiro atoms. The first-order valence-electron chi connectivity index (χ1n) is 3.91. The molecule has 0 bridgehead atoms. The molecule has 0 fully saturated rings. The third-order valence-corrected chi connectivity index (χ3v) is 1.77. The third-order valence-electron chi connectivity index (χ3n) is 1.77. The van der Waals surface area contributed by atoms with Gasteiger partial charge in [-0.15, -0.1) is 0 Å². The van der Waals surface area contributed by atoms with Crippen molar-refractivity contribution < 1.29 is 15.9 Å². The Morgan fingerprint density at radius 2 is 1.75 bits per heavy atom. The van der Waals surface area contributed by atoms with Crippen molar-refractivity contribution in [2.75, 3.05) is 0 Å². The molecule has 66 valence electrons. The molecule has 0 radical (unpaired) electrons. The van der Waals surface area contributed by atoms with Gasteiger partial charge in [0, 0.05) is 0 Å². The first kappa shape index (κ1) is 9.03. The van der Waals surface area contributed by atoms with Gasteiger partial charge in [0.1, 0.15) is 17.9 Å². The molecule has 0 aliphatic rings. The maximum Gasteiger partial charge on any atom is 0.130 e. The predicted octanol–water partition coefficient (Wildman–Crippen LogP) is 0.0560. The van der Waals surface area contributed by atoms with Crippen molar-refractivity contribution in [2.24, 2.45) is 0 Å². The first-order valence-corrected chi connectivity index (χ1v) is 3.91. The fourth-order valence-electron chi connectivity index (χ4n) is 1.00. The summed E-state index contributed by atoms with van der Waals surface area (Å²) in [7, 11) is 0. The third kappa shape index (κ3) is 1.96. The summed E-state index contributed by atoms with van der Waals surface area (Å²) < 4.78 is 0. The van der Waals surface area contributed by atoms with Crippen LogP contribution >= 0.6 is 0 Å². The van der Waals surface area contributed by atoms with Crippen molar-refractivity contribution in [1.29, 1.82) is 0 Å². The van der Waals surface area contributed by atoms with Crippen LogP contribution in [0, 0.1) is 0 Å². The Labute approximate surface area is 71.5 Å². The van der Waals surface area contributed by atoms with Gasteiger partial charge >= 0.3 is 0 Å². The minimum absolute atomic E-state index is 0.0467. The second-order valence-corrected chi connectivity index (χ2v) is 3.01. The maximum absolute atomic E-state index is 9.54. The van der Waals surface area contributed by atoms with Crippen molar-refractivity contribution in [2.45, 2.75) is 19.1 Å². The molecular formula is C9H14NO2+. The number of benzene rings is 1. The van der Waals surface area contributed by atoms with E-state index >= 15 is 0 Å². The summed E-state index contributed by atoms with van der Waals surface area (Å²) in [5, 5.41) is 18.5. The summed E-state index contributed by atoms with van der Waals surface area (Å²) in [5.41, 5.74) is 4.51. The van der Waals surface area contributed by atoms with Crippen molar-refractivity contribution in [3.8, 4) is 5.75 Å². The average molecular weight is 168 g/mol. The number of hydrogen-bond donors (Lipinski definition) is 3. The molecule has 3 nitrogen and oxygen atoms in total. The van der Waals surface area contributed by atoms with Gasteiger partial charge in [-0.2, -0.15) is 0 Å². The summed E-state index contributed by atoms with van der Waals surface area (Å²) in [6, 6.07) is 6.46. The van der Waals surface area contributed by atoms with Crippen LogP contribution in [0.1, 0.15) is 18.6 Å². The highest BCUT2D eigenvalue weighted by molar-refractivity contribution is 5.27. The largest absolute Gasteiger partial charge is 0.508 e. The van der Waals surface area contributed by atoms with E-state index in [9.17, 15) is 5.11 Å². The highest BCUT2D eigenvalue weighted by Gasteiger charge is 2.14. The van der Waals surface area contributed by atoms with Crippen molar-refractivity contribution in [3.63, 3.8) is 0 Å². The van der Waals surface area contributed by atoms with E-state index in [1.54, 1.807) is 24.3 Å². The monoisotopic (exact) mass is 168 g/mol. The van der Waals surface area contributed by atoms with Crippen LogP contribution in [0.2, 0.25) is 0 Å². The molecule has 1 aromatic rings. The second kappa shape index (κ2) is 3.56. The highest BCUT2D eigenvalue weighted by atomic mass is 16.3. The molecular weight excluding hydrogens is 154 g/mol. The number of phenols is 1. The summed E-state index contributed by atoms with van der Waals surface area (Å²) in [5.74, 6) is 0.211. The van der Waals surface area contributed by atoms with E-state index in [-0.39, 0.29) is 11.8 Å². The number of quaternary nitrogens is 1. The lowest BCUT2D eigenvalue weighted by Gasteiger charge is -2.11. The van der Waals surface area contributed by atoms with Gasteiger partial charge in [-0.05, 0) is 24.6 Å². The van der Waals surface area contributed by atoms with E-state index in [2.05, 4.69) is 5.73 Å². The molecule has 0 unspecified atom stereocenters. The van der Waals surface area contributed by atoms with E-state index in [4.69, 9.17) is 5.11 Å². The molecule has 0 amide bonds. The molecule has 12 heavy (non-hydrogen) atoms. The Hall–Kier alpha value is -1.06. The van der Waals surface area contributed by atoms with E-state index in [0.29, 0.717) is 0 Å². The Bertz CT molecular complexity index is 243. The molecule has 3 heteroatoms. The quantitative estimate of drug-likeness (QED) is 0.584. The van der Waals surface area contributed by atoms with Crippen LogP contribution in [-0.2, 0) is 0 Å². The number of phenolic OH excluding ortho intramolecular Hbond substituents is 1. The Morgan fingerprint density at radius 1 is 1.25 bits per heavy atom. The Kier molecular flexibility index (Phi) is 2.68. The molecule has 0 aliphatic heterocycles. The Morgan fingerprint density at radius 3 is 2.17 bits per heavy atom. The van der Waals surface area contributed by atoms with E-state index in [0.717, 1.165) is 5.56 Å². The van der Waals surface area contributed by atoms with Gasteiger partial charge in [0.2, 0.25) is 0 Å². The standard InChI is InChI=1S/C9H13NO2/c1-6(10)9(12)7-2-4-8(11)5-3-7/h2-6,9,11-12H,10H2,1H3/p+1/t6-,9-/m0/s1. The zero-order chi connectivity index (χ0) is 9.14. The molecule has 1 aromatic carbocycles. The molecule has 0 aromatic heterocycles. The number of aliphatic hydroxyl groups is 1. The van der Waals surface area contributed by atoms with Crippen LogP contribution in [0.25, 0.3) is 0 Å². The predicted molar refractivity (Wildman–Crippen MR) is 45.4 cm³/mol. The number of aromatic hydroxyl groups is 1. The zero-order valence-electron chi connectivity index (χ0n) is 7.07. The lowest BCUT2D eigenvalue weighted by Crippen LogP contribution is -2.61. The minimum atomic E-state index is -0.550. The van der Waals surface area contributed by atoms with Crippen LogP contribution in [-0.4, -0.2) is 16.3 Å².